The number of nitrogens with one attached hydrogen (secondary N) is 1. The van der Waals surface area contributed by atoms with Crippen LogP contribution in [0.5, 0.6) is 0 Å². The highest BCUT2D eigenvalue weighted by atomic mass is 16.2. The maximum absolute atomic E-state index is 11.8. The van der Waals surface area contributed by atoms with Gasteiger partial charge in [0.1, 0.15) is 0 Å². The first-order valence-corrected chi connectivity index (χ1v) is 6.97. The van der Waals surface area contributed by atoms with Crippen LogP contribution in [0.2, 0.25) is 0 Å². The minimum Gasteiger partial charge on any atom is -0.367 e. The van der Waals surface area contributed by atoms with Crippen LogP contribution in [0.1, 0.15) is 11.1 Å². The van der Waals surface area contributed by atoms with Crippen LogP contribution in [0.4, 0.5) is 5.69 Å². The summed E-state index contributed by atoms with van der Waals surface area (Å²) in [6.45, 7) is 8.41. The van der Waals surface area contributed by atoms with E-state index < -0.39 is 0 Å². The normalized spacial score (nSPS) is 23.5. The molecule has 1 aromatic rings. The summed E-state index contributed by atoms with van der Waals surface area (Å²) < 4.78 is 0. The lowest BCUT2D eigenvalue weighted by atomic mass is 10.1. The molecular formula is C15H21N3O. The van der Waals surface area contributed by atoms with E-state index in [1.807, 2.05) is 4.90 Å². The molecule has 0 aliphatic carbocycles. The molecule has 0 radical (unpaired) electrons. The Morgan fingerprint density at radius 1 is 1.26 bits per heavy atom. The lowest BCUT2D eigenvalue weighted by Crippen LogP contribution is -2.63. The Hall–Kier alpha value is -1.55. The van der Waals surface area contributed by atoms with Crippen LogP contribution < -0.4 is 10.2 Å². The minimum absolute atomic E-state index is 0.247. The van der Waals surface area contributed by atoms with E-state index in [4.69, 9.17) is 0 Å². The summed E-state index contributed by atoms with van der Waals surface area (Å²) in [7, 11) is 0. The van der Waals surface area contributed by atoms with Gasteiger partial charge in [-0.3, -0.25) is 4.79 Å². The lowest BCUT2D eigenvalue weighted by Gasteiger charge is -2.45. The van der Waals surface area contributed by atoms with E-state index in [2.05, 4.69) is 42.3 Å². The number of amides is 1. The fraction of sp³-hybridized carbons (Fsp3) is 0.533. The van der Waals surface area contributed by atoms with Crippen molar-refractivity contribution in [1.82, 2.24) is 10.2 Å². The molecule has 1 N–H and O–H groups in total. The highest BCUT2D eigenvalue weighted by Gasteiger charge is 2.33. The molecule has 1 unspecified atom stereocenters. The van der Waals surface area contributed by atoms with Crippen LogP contribution >= 0.6 is 0 Å². The summed E-state index contributed by atoms with van der Waals surface area (Å²) in [5, 5.41) is 3.21. The maximum Gasteiger partial charge on any atom is 0.236 e. The first-order chi connectivity index (χ1) is 9.15. The van der Waals surface area contributed by atoms with Gasteiger partial charge in [0.25, 0.3) is 0 Å². The number of benzene rings is 1. The number of piperazine rings is 2. The van der Waals surface area contributed by atoms with Crippen LogP contribution in [-0.2, 0) is 4.79 Å². The number of carbonyl (C=O) groups is 1. The molecule has 2 heterocycles. The number of fused-ring (bicyclic) bond motifs is 1. The van der Waals surface area contributed by atoms with Crippen molar-refractivity contribution in [3.05, 3.63) is 29.3 Å². The fourth-order valence-corrected chi connectivity index (χ4v) is 3.08. The van der Waals surface area contributed by atoms with Crippen molar-refractivity contribution in [1.29, 1.82) is 0 Å². The minimum atomic E-state index is 0.247. The third-order valence-corrected chi connectivity index (χ3v) is 4.16. The van der Waals surface area contributed by atoms with Gasteiger partial charge < -0.3 is 15.1 Å². The van der Waals surface area contributed by atoms with Crippen molar-refractivity contribution in [2.45, 2.75) is 19.9 Å². The standard InChI is InChI=1S/C15H21N3O/c1-11-3-4-12(2)14(7-11)17-5-6-18-13(10-17)8-16-9-15(18)19/h3-4,7,13,16H,5-6,8-10H2,1-2H3. The Morgan fingerprint density at radius 3 is 2.95 bits per heavy atom. The molecule has 0 spiro atoms. The summed E-state index contributed by atoms with van der Waals surface area (Å²) in [5.41, 5.74) is 3.92. The molecule has 102 valence electrons. The van der Waals surface area contributed by atoms with Gasteiger partial charge in [-0.1, -0.05) is 12.1 Å². The van der Waals surface area contributed by atoms with Crippen molar-refractivity contribution < 1.29 is 4.79 Å². The molecule has 2 aliphatic heterocycles. The zero-order valence-electron chi connectivity index (χ0n) is 11.6. The summed E-state index contributed by atoms with van der Waals surface area (Å²) in [5.74, 6) is 0.247. The molecule has 1 amide bonds. The Bertz CT molecular complexity index is 500. The molecule has 4 nitrogen and oxygen atoms in total. The van der Waals surface area contributed by atoms with Crippen molar-refractivity contribution in [3.8, 4) is 0 Å². The molecule has 2 saturated heterocycles. The first kappa shape index (κ1) is 12.5. The molecule has 2 fully saturated rings. The van der Waals surface area contributed by atoms with Gasteiger partial charge in [-0.15, -0.1) is 0 Å². The topological polar surface area (TPSA) is 35.6 Å². The first-order valence-electron chi connectivity index (χ1n) is 6.97. The van der Waals surface area contributed by atoms with Gasteiger partial charge in [0.05, 0.1) is 12.6 Å². The van der Waals surface area contributed by atoms with Gasteiger partial charge >= 0.3 is 0 Å². The van der Waals surface area contributed by atoms with Crippen molar-refractivity contribution >= 4 is 11.6 Å². The maximum atomic E-state index is 11.8. The smallest absolute Gasteiger partial charge is 0.236 e. The second-order valence-corrected chi connectivity index (χ2v) is 5.61. The van der Waals surface area contributed by atoms with Crippen LogP contribution in [0, 0.1) is 13.8 Å². The van der Waals surface area contributed by atoms with Gasteiger partial charge in [0.15, 0.2) is 0 Å². The Labute approximate surface area is 114 Å². The molecular weight excluding hydrogens is 238 g/mol. The molecule has 2 aliphatic rings. The monoisotopic (exact) mass is 259 g/mol. The highest BCUT2D eigenvalue weighted by Crippen LogP contribution is 2.25. The number of carbonyl (C=O) groups excluding carboxylic acids is 1. The molecule has 0 saturated carbocycles. The molecule has 1 aromatic carbocycles. The highest BCUT2D eigenvalue weighted by molar-refractivity contribution is 5.80. The number of hydrogen-bond acceptors (Lipinski definition) is 3. The van der Waals surface area contributed by atoms with Crippen LogP contribution in [0.25, 0.3) is 0 Å². The quantitative estimate of drug-likeness (QED) is 0.815. The Morgan fingerprint density at radius 2 is 2.11 bits per heavy atom. The van der Waals surface area contributed by atoms with E-state index >= 15 is 0 Å². The van der Waals surface area contributed by atoms with Gasteiger partial charge in [-0.2, -0.15) is 0 Å². The number of nitrogens with zero attached hydrogens (tertiary/aromatic N) is 2. The van der Waals surface area contributed by atoms with E-state index in [0.29, 0.717) is 12.6 Å². The second-order valence-electron chi connectivity index (χ2n) is 5.61. The summed E-state index contributed by atoms with van der Waals surface area (Å²) in [6, 6.07) is 6.90. The second kappa shape index (κ2) is 4.85. The average molecular weight is 259 g/mol. The van der Waals surface area contributed by atoms with Crippen molar-refractivity contribution in [3.63, 3.8) is 0 Å². The third kappa shape index (κ3) is 2.32. The predicted molar refractivity (Wildman–Crippen MR) is 76.5 cm³/mol. The van der Waals surface area contributed by atoms with Crippen LogP contribution in [0.3, 0.4) is 0 Å². The third-order valence-electron chi connectivity index (χ3n) is 4.16. The average Bonchev–Trinajstić information content (AvgIpc) is 2.41. The van der Waals surface area contributed by atoms with E-state index in [1.165, 1.54) is 16.8 Å². The molecule has 4 heteroatoms. The zero-order valence-corrected chi connectivity index (χ0v) is 11.6. The Balaban J connectivity index is 1.81. The summed E-state index contributed by atoms with van der Waals surface area (Å²) in [4.78, 5) is 16.3. The summed E-state index contributed by atoms with van der Waals surface area (Å²) >= 11 is 0. The number of hydrogen-bond donors (Lipinski definition) is 1. The lowest BCUT2D eigenvalue weighted by molar-refractivity contribution is -0.135. The SMILES string of the molecule is Cc1ccc(C)c(N2CCN3C(=O)CNCC3C2)c1. The molecule has 0 bridgehead atoms. The fourth-order valence-electron chi connectivity index (χ4n) is 3.08. The molecule has 19 heavy (non-hydrogen) atoms. The predicted octanol–water partition coefficient (Wildman–Crippen LogP) is 0.924. The van der Waals surface area contributed by atoms with Crippen molar-refractivity contribution in [2.24, 2.45) is 0 Å². The van der Waals surface area contributed by atoms with Crippen LogP contribution in [-0.4, -0.2) is 49.6 Å². The Kier molecular flexibility index (Phi) is 3.19. The van der Waals surface area contributed by atoms with E-state index in [-0.39, 0.29) is 5.91 Å². The van der Waals surface area contributed by atoms with Crippen molar-refractivity contribution in [2.75, 3.05) is 37.6 Å². The number of rotatable bonds is 1. The zero-order chi connectivity index (χ0) is 13.4. The van der Waals surface area contributed by atoms with E-state index in [1.54, 1.807) is 0 Å². The van der Waals surface area contributed by atoms with Gasteiger partial charge in [0.2, 0.25) is 5.91 Å². The molecule has 3 rings (SSSR count). The van der Waals surface area contributed by atoms with Gasteiger partial charge in [0, 0.05) is 31.9 Å². The van der Waals surface area contributed by atoms with Crippen LogP contribution in [0.15, 0.2) is 18.2 Å². The molecule has 0 aromatic heterocycles. The van der Waals surface area contributed by atoms with E-state index in [0.717, 1.165) is 26.2 Å². The number of anilines is 1. The number of aryl methyl sites for hydroxylation is 2. The van der Waals surface area contributed by atoms with Gasteiger partial charge in [-0.05, 0) is 31.0 Å². The van der Waals surface area contributed by atoms with E-state index in [9.17, 15) is 4.79 Å². The summed E-state index contributed by atoms with van der Waals surface area (Å²) in [6.07, 6.45) is 0. The molecule has 1 atom stereocenters. The largest absolute Gasteiger partial charge is 0.367 e. The van der Waals surface area contributed by atoms with Gasteiger partial charge in [-0.25, -0.2) is 0 Å².